The molecule has 14 heavy (non-hydrogen) atoms. The van der Waals surface area contributed by atoms with E-state index in [-0.39, 0.29) is 5.69 Å². The van der Waals surface area contributed by atoms with Crippen LogP contribution in [0.4, 0.5) is 5.69 Å². The van der Waals surface area contributed by atoms with Gasteiger partial charge in [0.25, 0.3) is 5.91 Å². The lowest BCUT2D eigenvalue weighted by molar-refractivity contribution is -0.135. The molecule has 4 N–H and O–H groups in total. The topological polar surface area (TPSA) is 105 Å². The van der Waals surface area contributed by atoms with E-state index in [2.05, 4.69) is 10.3 Å². The molecule has 0 radical (unpaired) electrons. The molecule has 1 rings (SSSR count). The van der Waals surface area contributed by atoms with Gasteiger partial charge in [-0.3, -0.25) is 14.6 Å². The highest BCUT2D eigenvalue weighted by Gasteiger charge is 2.07. The van der Waals surface area contributed by atoms with E-state index in [1.54, 1.807) is 0 Å². The zero-order valence-corrected chi connectivity index (χ0v) is 7.23. The lowest BCUT2D eigenvalue weighted by atomic mass is 10.3. The number of carbonyl (C=O) groups is 2. The van der Waals surface area contributed by atoms with E-state index in [9.17, 15) is 9.59 Å². The summed E-state index contributed by atoms with van der Waals surface area (Å²) in [5.41, 5.74) is 5.92. The number of hydrogen-bond donors (Lipinski definition) is 3. The Hall–Kier alpha value is -2.11. The van der Waals surface area contributed by atoms with Crippen LogP contribution in [-0.4, -0.2) is 28.5 Å². The van der Waals surface area contributed by atoms with Crippen molar-refractivity contribution in [2.75, 3.05) is 12.3 Å². The third-order valence-electron chi connectivity index (χ3n) is 1.42. The van der Waals surface area contributed by atoms with Gasteiger partial charge >= 0.3 is 5.97 Å². The molecule has 1 aromatic heterocycles. The number of carbonyl (C=O) groups excluding carboxylic acids is 1. The van der Waals surface area contributed by atoms with E-state index >= 15 is 0 Å². The van der Waals surface area contributed by atoms with E-state index in [4.69, 9.17) is 10.8 Å². The summed E-state index contributed by atoms with van der Waals surface area (Å²) in [5.74, 6) is -1.66. The third-order valence-corrected chi connectivity index (χ3v) is 1.42. The van der Waals surface area contributed by atoms with Crippen LogP contribution in [-0.2, 0) is 4.79 Å². The molecule has 0 saturated carbocycles. The van der Waals surface area contributed by atoms with E-state index in [0.717, 1.165) is 0 Å². The van der Waals surface area contributed by atoms with Crippen molar-refractivity contribution in [1.82, 2.24) is 10.3 Å². The fraction of sp³-hybridized carbons (Fsp3) is 0.125. The standard InChI is InChI=1S/C8H9N3O3/c9-5-1-2-10-6(3-5)8(14)11-4-7(12)13/h1-3H,4H2,(H2,9,10)(H,11,14)(H,12,13). The van der Waals surface area contributed by atoms with E-state index in [0.29, 0.717) is 5.69 Å². The van der Waals surface area contributed by atoms with Crippen molar-refractivity contribution in [3.05, 3.63) is 24.0 Å². The SMILES string of the molecule is Nc1ccnc(C(=O)NCC(=O)O)c1. The van der Waals surface area contributed by atoms with E-state index in [1.807, 2.05) is 0 Å². The Bertz CT molecular complexity index is 365. The fourth-order valence-electron chi connectivity index (χ4n) is 0.818. The minimum atomic E-state index is -1.11. The number of hydrogen-bond acceptors (Lipinski definition) is 4. The first-order valence-electron chi connectivity index (χ1n) is 3.81. The van der Waals surface area contributed by atoms with Gasteiger partial charge in [-0.2, -0.15) is 0 Å². The van der Waals surface area contributed by atoms with Crippen molar-refractivity contribution >= 4 is 17.6 Å². The molecule has 0 bridgehead atoms. The van der Waals surface area contributed by atoms with Crippen LogP contribution < -0.4 is 11.1 Å². The normalized spacial score (nSPS) is 9.43. The summed E-state index contributed by atoms with van der Waals surface area (Å²) in [4.78, 5) is 25.1. The molecule has 74 valence electrons. The summed E-state index contributed by atoms with van der Waals surface area (Å²) in [6, 6.07) is 2.91. The van der Waals surface area contributed by atoms with E-state index < -0.39 is 18.4 Å². The first-order chi connectivity index (χ1) is 6.59. The largest absolute Gasteiger partial charge is 0.480 e. The third kappa shape index (κ3) is 2.74. The summed E-state index contributed by atoms with van der Waals surface area (Å²) in [5, 5.41) is 10.5. The molecule has 0 aliphatic heterocycles. The molecule has 1 heterocycles. The van der Waals surface area contributed by atoms with Gasteiger partial charge in [0, 0.05) is 11.9 Å². The summed E-state index contributed by atoms with van der Waals surface area (Å²) in [6.07, 6.45) is 1.38. The fourth-order valence-corrected chi connectivity index (χ4v) is 0.818. The maximum Gasteiger partial charge on any atom is 0.322 e. The maximum absolute atomic E-state index is 11.2. The number of pyridine rings is 1. The van der Waals surface area contributed by atoms with Gasteiger partial charge in [0.15, 0.2) is 0 Å². The number of aliphatic carboxylic acids is 1. The average molecular weight is 195 g/mol. The number of carboxylic acid groups (broad SMARTS) is 1. The smallest absolute Gasteiger partial charge is 0.322 e. The van der Waals surface area contributed by atoms with Gasteiger partial charge in [0.05, 0.1) is 0 Å². The second-order valence-corrected chi connectivity index (χ2v) is 2.55. The predicted octanol–water partition coefficient (Wildman–Crippen LogP) is -0.522. The summed E-state index contributed by atoms with van der Waals surface area (Å²) in [7, 11) is 0. The Morgan fingerprint density at radius 1 is 1.57 bits per heavy atom. The molecule has 6 heteroatoms. The van der Waals surface area contributed by atoms with Gasteiger partial charge < -0.3 is 16.2 Å². The number of carboxylic acids is 1. The van der Waals surface area contributed by atoms with Gasteiger partial charge in [0.2, 0.25) is 0 Å². The lowest BCUT2D eigenvalue weighted by Crippen LogP contribution is -2.29. The Labute approximate surface area is 79.8 Å². The van der Waals surface area contributed by atoms with Crippen LogP contribution in [0.25, 0.3) is 0 Å². The van der Waals surface area contributed by atoms with Crippen molar-refractivity contribution in [1.29, 1.82) is 0 Å². The van der Waals surface area contributed by atoms with Crippen LogP contribution in [0.15, 0.2) is 18.3 Å². The van der Waals surface area contributed by atoms with Gasteiger partial charge in [0.1, 0.15) is 12.2 Å². The first kappa shape index (κ1) is 9.97. The Morgan fingerprint density at radius 3 is 2.86 bits per heavy atom. The lowest BCUT2D eigenvalue weighted by Gasteiger charge is -2.01. The molecule has 0 aromatic carbocycles. The quantitative estimate of drug-likeness (QED) is 0.601. The molecule has 0 aliphatic carbocycles. The number of nitrogens with one attached hydrogen (secondary N) is 1. The molecular formula is C8H9N3O3. The summed E-state index contributed by atoms with van der Waals surface area (Å²) >= 11 is 0. The Kier molecular flexibility index (Phi) is 3.01. The van der Waals surface area contributed by atoms with Gasteiger partial charge in [-0.05, 0) is 12.1 Å². The van der Waals surface area contributed by atoms with Crippen molar-refractivity contribution in [3.8, 4) is 0 Å². The molecule has 0 saturated heterocycles. The second-order valence-electron chi connectivity index (χ2n) is 2.55. The Morgan fingerprint density at radius 2 is 2.29 bits per heavy atom. The maximum atomic E-state index is 11.2. The number of anilines is 1. The number of amides is 1. The monoisotopic (exact) mass is 195 g/mol. The number of aromatic nitrogens is 1. The van der Waals surface area contributed by atoms with Crippen LogP contribution >= 0.6 is 0 Å². The van der Waals surface area contributed by atoms with Gasteiger partial charge in [-0.25, -0.2) is 0 Å². The van der Waals surface area contributed by atoms with Crippen LogP contribution in [0.5, 0.6) is 0 Å². The van der Waals surface area contributed by atoms with Crippen LogP contribution in [0.3, 0.4) is 0 Å². The van der Waals surface area contributed by atoms with Crippen LogP contribution in [0.1, 0.15) is 10.5 Å². The number of nitrogens with zero attached hydrogens (tertiary/aromatic N) is 1. The minimum absolute atomic E-state index is 0.103. The second kappa shape index (κ2) is 4.22. The zero-order valence-electron chi connectivity index (χ0n) is 7.23. The van der Waals surface area contributed by atoms with Crippen LogP contribution in [0.2, 0.25) is 0 Å². The van der Waals surface area contributed by atoms with Crippen LogP contribution in [0, 0.1) is 0 Å². The Balaban J connectivity index is 2.65. The molecule has 0 fully saturated rings. The molecule has 1 amide bonds. The van der Waals surface area contributed by atoms with Crippen molar-refractivity contribution in [2.45, 2.75) is 0 Å². The number of rotatable bonds is 3. The van der Waals surface area contributed by atoms with Gasteiger partial charge in [-0.1, -0.05) is 0 Å². The summed E-state index contributed by atoms with van der Waals surface area (Å²) in [6.45, 7) is -0.435. The number of nitrogen functional groups attached to an aromatic ring is 1. The predicted molar refractivity (Wildman–Crippen MR) is 48.6 cm³/mol. The highest BCUT2D eigenvalue weighted by Crippen LogP contribution is 2.01. The number of nitrogens with two attached hydrogens (primary N) is 1. The molecule has 0 atom stereocenters. The molecule has 0 aliphatic rings. The minimum Gasteiger partial charge on any atom is -0.480 e. The van der Waals surface area contributed by atoms with Gasteiger partial charge in [-0.15, -0.1) is 0 Å². The van der Waals surface area contributed by atoms with Crippen molar-refractivity contribution in [2.24, 2.45) is 0 Å². The highest BCUT2D eigenvalue weighted by atomic mass is 16.4. The molecule has 0 spiro atoms. The molecule has 0 unspecified atom stereocenters. The average Bonchev–Trinajstić information content (AvgIpc) is 2.14. The summed E-state index contributed by atoms with van der Waals surface area (Å²) < 4.78 is 0. The van der Waals surface area contributed by atoms with E-state index in [1.165, 1.54) is 18.3 Å². The highest BCUT2D eigenvalue weighted by molar-refractivity contribution is 5.94. The molecular weight excluding hydrogens is 186 g/mol. The molecule has 6 nitrogen and oxygen atoms in total. The zero-order chi connectivity index (χ0) is 10.6. The first-order valence-corrected chi connectivity index (χ1v) is 3.81. The van der Waals surface area contributed by atoms with Crippen molar-refractivity contribution < 1.29 is 14.7 Å². The molecule has 1 aromatic rings. The van der Waals surface area contributed by atoms with Crippen molar-refractivity contribution in [3.63, 3.8) is 0 Å².